The number of rotatable bonds is 6. The summed E-state index contributed by atoms with van der Waals surface area (Å²) in [5, 5.41) is 10.9. The van der Waals surface area contributed by atoms with E-state index in [1.54, 1.807) is 0 Å². The Hall–Kier alpha value is -2.94. The summed E-state index contributed by atoms with van der Waals surface area (Å²) >= 11 is 12.6. The number of fused-ring (bicyclic) bond motifs is 1. The van der Waals surface area contributed by atoms with Crippen molar-refractivity contribution in [3.63, 3.8) is 0 Å². The summed E-state index contributed by atoms with van der Waals surface area (Å²) in [6, 6.07) is 13.3. The summed E-state index contributed by atoms with van der Waals surface area (Å²) in [5.74, 6) is 1.23. The predicted molar refractivity (Wildman–Crippen MR) is 127 cm³/mol. The summed E-state index contributed by atoms with van der Waals surface area (Å²) in [5.41, 5.74) is 11.1. The second-order valence-corrected chi connectivity index (χ2v) is 8.47. The molecule has 2 N–H and O–H groups in total. The van der Waals surface area contributed by atoms with Gasteiger partial charge in [0.2, 0.25) is 0 Å². The average Bonchev–Trinajstić information content (AvgIpc) is 2.78. The molecule has 1 aliphatic carbocycles. The van der Waals surface area contributed by atoms with E-state index >= 15 is 0 Å². The van der Waals surface area contributed by atoms with Gasteiger partial charge >= 0.3 is 0 Å². The van der Waals surface area contributed by atoms with Crippen LogP contribution in [-0.2, 0) is 19.4 Å². The number of ether oxygens (including phenoxy) is 2. The van der Waals surface area contributed by atoms with Crippen LogP contribution in [0.2, 0.25) is 10.0 Å². The topological polar surface area (TPSA) is 81.2 Å². The van der Waals surface area contributed by atoms with Crippen molar-refractivity contribution in [1.29, 1.82) is 5.26 Å². The molecule has 0 fully saturated rings. The zero-order valence-electron chi connectivity index (χ0n) is 17.8. The van der Waals surface area contributed by atoms with E-state index in [0.717, 1.165) is 53.6 Å². The van der Waals surface area contributed by atoms with E-state index in [4.69, 9.17) is 38.4 Å². The van der Waals surface area contributed by atoms with Gasteiger partial charge in [0.05, 0.1) is 11.6 Å². The lowest BCUT2D eigenvalue weighted by Crippen LogP contribution is -2.12. The predicted octanol–water partition coefficient (Wildman–Crippen LogP) is 6.37. The van der Waals surface area contributed by atoms with Crippen molar-refractivity contribution in [2.45, 2.75) is 39.2 Å². The minimum absolute atomic E-state index is 0.250. The molecule has 4 rings (SSSR count). The molecule has 7 heteroatoms. The van der Waals surface area contributed by atoms with Crippen LogP contribution in [0.3, 0.4) is 0 Å². The van der Waals surface area contributed by atoms with Gasteiger partial charge in [0.1, 0.15) is 24.1 Å². The average molecular weight is 468 g/mol. The minimum atomic E-state index is 0.250. The molecule has 0 radical (unpaired) electrons. The van der Waals surface area contributed by atoms with Gasteiger partial charge < -0.3 is 15.2 Å². The van der Waals surface area contributed by atoms with Crippen molar-refractivity contribution in [3.8, 4) is 28.7 Å². The number of halogens is 2. The van der Waals surface area contributed by atoms with Crippen molar-refractivity contribution in [1.82, 2.24) is 4.98 Å². The smallest absolute Gasteiger partial charge is 0.180 e. The Kier molecular flexibility index (Phi) is 6.74. The highest BCUT2D eigenvalue weighted by atomic mass is 35.5. The molecule has 1 heterocycles. The first-order chi connectivity index (χ1) is 15.5. The van der Waals surface area contributed by atoms with Crippen molar-refractivity contribution in [3.05, 3.63) is 68.8 Å². The van der Waals surface area contributed by atoms with Crippen LogP contribution in [0.5, 0.6) is 11.5 Å². The summed E-state index contributed by atoms with van der Waals surface area (Å²) in [7, 11) is 0. The van der Waals surface area contributed by atoms with E-state index in [2.05, 4.69) is 11.1 Å². The van der Waals surface area contributed by atoms with Gasteiger partial charge in [-0.15, -0.1) is 0 Å². The molecule has 0 unspecified atom stereocenters. The molecule has 1 aromatic heterocycles. The molecule has 0 amide bonds. The molecular formula is C25H23Cl2N3O2. The Morgan fingerprint density at radius 1 is 1.09 bits per heavy atom. The molecule has 164 valence electrons. The number of hydrogen-bond donors (Lipinski definition) is 1. The maximum Gasteiger partial charge on any atom is 0.180 e. The first-order valence-corrected chi connectivity index (χ1v) is 11.3. The van der Waals surface area contributed by atoms with E-state index in [0.29, 0.717) is 40.3 Å². The van der Waals surface area contributed by atoms with E-state index in [-0.39, 0.29) is 5.82 Å². The van der Waals surface area contributed by atoms with Gasteiger partial charge in [0.15, 0.2) is 11.5 Å². The van der Waals surface area contributed by atoms with Gasteiger partial charge in [0.25, 0.3) is 0 Å². The Labute approximate surface area is 197 Å². The molecule has 2 aromatic carbocycles. The monoisotopic (exact) mass is 467 g/mol. The van der Waals surface area contributed by atoms with Gasteiger partial charge in [0, 0.05) is 16.3 Å². The summed E-state index contributed by atoms with van der Waals surface area (Å²) < 4.78 is 11.9. The summed E-state index contributed by atoms with van der Waals surface area (Å²) in [6.07, 6.45) is 3.81. The highest BCUT2D eigenvalue weighted by Crippen LogP contribution is 2.43. The number of aryl methyl sites for hydroxylation is 1. The number of nitrogens with two attached hydrogens (primary N) is 1. The Morgan fingerprint density at radius 3 is 2.56 bits per heavy atom. The molecule has 0 saturated heterocycles. The molecular weight excluding hydrogens is 445 g/mol. The van der Waals surface area contributed by atoms with Gasteiger partial charge in [-0.05, 0) is 73.6 Å². The second-order valence-electron chi connectivity index (χ2n) is 7.62. The number of nitrogens with zero attached hydrogens (tertiary/aromatic N) is 2. The fraction of sp³-hybridized carbons (Fsp3) is 0.280. The number of nitrogen functional groups attached to an aromatic ring is 1. The van der Waals surface area contributed by atoms with Crippen LogP contribution in [0.25, 0.3) is 11.1 Å². The Morgan fingerprint density at radius 2 is 1.84 bits per heavy atom. The van der Waals surface area contributed by atoms with Crippen molar-refractivity contribution < 1.29 is 9.47 Å². The van der Waals surface area contributed by atoms with Gasteiger partial charge in [-0.1, -0.05) is 35.3 Å². The van der Waals surface area contributed by atoms with Crippen LogP contribution >= 0.6 is 23.2 Å². The maximum absolute atomic E-state index is 9.82. The van der Waals surface area contributed by atoms with Crippen LogP contribution < -0.4 is 15.2 Å². The largest absolute Gasteiger partial charge is 0.490 e. The number of hydrogen-bond acceptors (Lipinski definition) is 5. The molecule has 5 nitrogen and oxygen atoms in total. The van der Waals surface area contributed by atoms with Crippen LogP contribution in [0.1, 0.15) is 42.1 Å². The first-order valence-electron chi connectivity index (χ1n) is 10.6. The van der Waals surface area contributed by atoms with E-state index in [9.17, 15) is 5.26 Å². The summed E-state index contributed by atoms with van der Waals surface area (Å²) in [6.45, 7) is 2.66. The van der Waals surface area contributed by atoms with Gasteiger partial charge in [-0.2, -0.15) is 5.26 Å². The van der Waals surface area contributed by atoms with Crippen molar-refractivity contribution in [2.75, 3.05) is 12.3 Å². The van der Waals surface area contributed by atoms with E-state index in [1.165, 1.54) is 0 Å². The van der Waals surface area contributed by atoms with Gasteiger partial charge in [-0.25, -0.2) is 4.98 Å². The third-order valence-electron chi connectivity index (χ3n) is 5.51. The number of benzene rings is 2. The molecule has 0 spiro atoms. The highest BCUT2D eigenvalue weighted by Gasteiger charge is 2.24. The molecule has 0 atom stereocenters. The quantitative estimate of drug-likeness (QED) is 0.455. The fourth-order valence-electron chi connectivity index (χ4n) is 4.05. The molecule has 3 aromatic rings. The van der Waals surface area contributed by atoms with Crippen molar-refractivity contribution in [2.24, 2.45) is 0 Å². The molecule has 32 heavy (non-hydrogen) atoms. The lowest BCUT2D eigenvalue weighted by molar-refractivity contribution is 0.269. The number of nitriles is 1. The third-order valence-corrected chi connectivity index (χ3v) is 6.04. The zero-order chi connectivity index (χ0) is 22.7. The minimum Gasteiger partial charge on any atom is -0.490 e. The number of pyridine rings is 1. The number of anilines is 1. The molecule has 0 saturated carbocycles. The highest BCUT2D eigenvalue weighted by molar-refractivity contribution is 6.32. The zero-order valence-corrected chi connectivity index (χ0v) is 19.3. The van der Waals surface area contributed by atoms with Crippen LogP contribution in [0.4, 0.5) is 5.82 Å². The van der Waals surface area contributed by atoms with E-state index in [1.807, 2.05) is 43.3 Å². The van der Waals surface area contributed by atoms with Gasteiger partial charge in [-0.3, -0.25) is 0 Å². The third kappa shape index (κ3) is 4.48. The van der Waals surface area contributed by atoms with Crippen molar-refractivity contribution >= 4 is 29.0 Å². The fourth-order valence-corrected chi connectivity index (χ4v) is 4.44. The van der Waals surface area contributed by atoms with E-state index < -0.39 is 0 Å². The molecule has 0 bridgehead atoms. The first kappa shape index (κ1) is 22.3. The second kappa shape index (κ2) is 9.68. The Balaban J connectivity index is 1.78. The standard InChI is InChI=1S/C25H23Cl2N3O2/c1-2-31-22-12-16(11-20(27)24(22)32-14-15-7-9-17(26)10-8-15)23-18-5-3-4-6-21(18)30-25(29)19(23)13-28/h7-12H,2-6,14H2,1H3,(H2,29,30). The number of aromatic nitrogens is 1. The van der Waals surface area contributed by atoms with Crippen LogP contribution in [-0.4, -0.2) is 11.6 Å². The molecule has 1 aliphatic rings. The Bertz CT molecular complexity index is 1190. The molecule has 0 aliphatic heterocycles. The normalized spacial score (nSPS) is 12.7. The lowest BCUT2D eigenvalue weighted by atomic mass is 9.86. The maximum atomic E-state index is 9.82. The van der Waals surface area contributed by atoms with Crippen LogP contribution in [0, 0.1) is 11.3 Å². The summed E-state index contributed by atoms with van der Waals surface area (Å²) in [4.78, 5) is 4.50. The lowest BCUT2D eigenvalue weighted by Gasteiger charge is -2.22. The SMILES string of the molecule is CCOc1cc(-c2c(C#N)c(N)nc3c2CCCC3)cc(Cl)c1OCc1ccc(Cl)cc1. The van der Waals surface area contributed by atoms with Crippen LogP contribution in [0.15, 0.2) is 36.4 Å².